The lowest BCUT2D eigenvalue weighted by molar-refractivity contribution is 1.46. The fourth-order valence-electron chi connectivity index (χ4n) is 1.81. The first kappa shape index (κ1) is 12.4. The zero-order valence-corrected chi connectivity index (χ0v) is 12.2. The van der Waals surface area contributed by atoms with E-state index in [0.29, 0.717) is 0 Å². The number of allylic oxidation sites excluding steroid dienone is 1. The molecule has 0 fully saturated rings. The Morgan fingerprint density at radius 1 is 1.00 bits per heavy atom. The summed E-state index contributed by atoms with van der Waals surface area (Å²) in [5.74, 6) is 0. The van der Waals surface area contributed by atoms with Crippen LogP contribution in [0.5, 0.6) is 0 Å². The molecule has 86 valence electrons. The second-order valence-electron chi connectivity index (χ2n) is 4.07. The molecule has 17 heavy (non-hydrogen) atoms. The molecule has 0 unspecified atom stereocenters. The van der Waals surface area contributed by atoms with Crippen molar-refractivity contribution in [3.63, 3.8) is 0 Å². The number of aryl methyl sites for hydroxylation is 1. The Morgan fingerprint density at radius 3 is 2.35 bits per heavy atom. The minimum Gasteiger partial charge on any atom is -0.0870 e. The van der Waals surface area contributed by atoms with Crippen LogP contribution in [0.25, 0.3) is 17.2 Å². The van der Waals surface area contributed by atoms with Gasteiger partial charge in [-0.1, -0.05) is 60.2 Å². The first-order valence-electron chi connectivity index (χ1n) is 5.70. The summed E-state index contributed by atoms with van der Waals surface area (Å²) < 4.78 is 1.31. The molecule has 0 saturated heterocycles. The molecule has 0 amide bonds. The highest BCUT2D eigenvalue weighted by Crippen LogP contribution is 2.28. The van der Waals surface area contributed by atoms with Gasteiger partial charge in [0.1, 0.15) is 0 Å². The molecule has 0 nitrogen and oxygen atoms in total. The molecule has 0 bridgehead atoms. The van der Waals surface area contributed by atoms with Crippen LogP contribution in [0.2, 0.25) is 0 Å². The first-order chi connectivity index (χ1) is 8.22. The van der Waals surface area contributed by atoms with Crippen molar-refractivity contribution in [3.8, 4) is 11.1 Å². The minimum atomic E-state index is 1.28. The zero-order chi connectivity index (χ0) is 12.3. The predicted octanol–water partition coefficient (Wildman–Crippen LogP) is 5.30. The normalized spacial score (nSPS) is 11.0. The lowest BCUT2D eigenvalue weighted by atomic mass is 10.0. The zero-order valence-electron chi connectivity index (χ0n) is 10.1. The van der Waals surface area contributed by atoms with Crippen LogP contribution < -0.4 is 0 Å². The van der Waals surface area contributed by atoms with Gasteiger partial charge in [-0.25, -0.2) is 0 Å². The van der Waals surface area contributed by atoms with Crippen molar-refractivity contribution in [1.29, 1.82) is 0 Å². The van der Waals surface area contributed by atoms with Crippen molar-refractivity contribution in [1.82, 2.24) is 0 Å². The number of rotatable bonds is 2. The van der Waals surface area contributed by atoms with Crippen molar-refractivity contribution < 1.29 is 0 Å². The first-order valence-corrected chi connectivity index (χ1v) is 6.78. The highest BCUT2D eigenvalue weighted by atomic mass is 127. The highest BCUT2D eigenvalue weighted by molar-refractivity contribution is 14.1. The van der Waals surface area contributed by atoms with Gasteiger partial charge in [0.15, 0.2) is 0 Å². The smallest absolute Gasteiger partial charge is 0.0281 e. The average Bonchev–Trinajstić information content (AvgIpc) is 2.34. The fraction of sp³-hybridized carbons (Fsp3) is 0.125. The maximum atomic E-state index is 2.43. The summed E-state index contributed by atoms with van der Waals surface area (Å²) >= 11 is 2.43. The van der Waals surface area contributed by atoms with Gasteiger partial charge in [-0.2, -0.15) is 0 Å². The van der Waals surface area contributed by atoms with Crippen LogP contribution in [0.4, 0.5) is 0 Å². The fourth-order valence-corrected chi connectivity index (χ4v) is 2.66. The molecule has 0 N–H and O–H groups in total. The van der Waals surface area contributed by atoms with E-state index in [-0.39, 0.29) is 0 Å². The summed E-state index contributed by atoms with van der Waals surface area (Å²) in [5.41, 5.74) is 5.17. The minimum absolute atomic E-state index is 1.28. The van der Waals surface area contributed by atoms with Crippen LogP contribution in [0.1, 0.15) is 18.1 Å². The van der Waals surface area contributed by atoms with Gasteiger partial charge in [-0.05, 0) is 53.1 Å². The van der Waals surface area contributed by atoms with E-state index in [9.17, 15) is 0 Å². The van der Waals surface area contributed by atoms with Crippen LogP contribution in [-0.4, -0.2) is 0 Å². The summed E-state index contributed by atoms with van der Waals surface area (Å²) in [6.07, 6.45) is 4.23. The lowest BCUT2D eigenvalue weighted by Crippen LogP contribution is -1.87. The summed E-state index contributed by atoms with van der Waals surface area (Å²) in [7, 11) is 0. The average molecular weight is 334 g/mol. The second kappa shape index (κ2) is 5.50. The Balaban J connectivity index is 2.52. The molecule has 0 heterocycles. The maximum Gasteiger partial charge on any atom is 0.0281 e. The van der Waals surface area contributed by atoms with Crippen molar-refractivity contribution >= 4 is 28.7 Å². The lowest BCUT2D eigenvalue weighted by Gasteiger charge is -2.08. The number of hydrogen-bond acceptors (Lipinski definition) is 0. The molecule has 0 saturated carbocycles. The summed E-state index contributed by atoms with van der Waals surface area (Å²) in [6.45, 7) is 4.17. The second-order valence-corrected chi connectivity index (χ2v) is 5.15. The predicted molar refractivity (Wildman–Crippen MR) is 84.0 cm³/mol. The van der Waals surface area contributed by atoms with E-state index in [1.807, 2.05) is 0 Å². The van der Waals surface area contributed by atoms with E-state index in [1.54, 1.807) is 0 Å². The van der Waals surface area contributed by atoms with Crippen LogP contribution in [0.3, 0.4) is 0 Å². The van der Waals surface area contributed by atoms with Crippen molar-refractivity contribution in [3.05, 3.63) is 63.2 Å². The van der Waals surface area contributed by atoms with Crippen molar-refractivity contribution in [2.45, 2.75) is 13.8 Å². The van der Waals surface area contributed by atoms with Crippen LogP contribution in [0.15, 0.2) is 48.5 Å². The van der Waals surface area contributed by atoms with Crippen LogP contribution >= 0.6 is 22.6 Å². The summed E-state index contributed by atoms with van der Waals surface area (Å²) in [6, 6.07) is 15.1. The van der Waals surface area contributed by atoms with E-state index in [4.69, 9.17) is 0 Å². The van der Waals surface area contributed by atoms with Gasteiger partial charge in [-0.3, -0.25) is 0 Å². The number of halogens is 1. The Kier molecular flexibility index (Phi) is 4.00. The quantitative estimate of drug-likeness (QED) is 0.654. The molecule has 2 aromatic rings. The van der Waals surface area contributed by atoms with Crippen LogP contribution in [0, 0.1) is 10.5 Å². The van der Waals surface area contributed by atoms with E-state index < -0.39 is 0 Å². The van der Waals surface area contributed by atoms with Crippen LogP contribution in [-0.2, 0) is 0 Å². The van der Waals surface area contributed by atoms with Gasteiger partial charge in [0.2, 0.25) is 0 Å². The standard InChI is InChI=1S/C16H15I/c1-3-5-14-6-4-7-15(16(14)17)13-10-8-12(2)9-11-13/h3-11H,1-2H3/b5-3-. The molecule has 0 aliphatic rings. The van der Waals surface area contributed by atoms with E-state index in [0.717, 1.165) is 0 Å². The van der Waals surface area contributed by atoms with Gasteiger partial charge < -0.3 is 0 Å². The molecule has 0 spiro atoms. The molecule has 2 rings (SSSR count). The maximum absolute atomic E-state index is 2.43. The Bertz CT molecular complexity index is 536. The van der Waals surface area contributed by atoms with Gasteiger partial charge in [0, 0.05) is 3.57 Å². The van der Waals surface area contributed by atoms with Crippen molar-refractivity contribution in [2.75, 3.05) is 0 Å². The number of benzene rings is 2. The molecular weight excluding hydrogens is 319 g/mol. The van der Waals surface area contributed by atoms with Gasteiger partial charge in [0.25, 0.3) is 0 Å². The molecule has 2 aromatic carbocycles. The van der Waals surface area contributed by atoms with Gasteiger partial charge in [0.05, 0.1) is 0 Å². The molecule has 0 atom stereocenters. The largest absolute Gasteiger partial charge is 0.0870 e. The van der Waals surface area contributed by atoms with Gasteiger partial charge >= 0.3 is 0 Å². The van der Waals surface area contributed by atoms with E-state index in [2.05, 4.69) is 91.1 Å². The molecule has 0 aliphatic carbocycles. The molecule has 0 aromatic heterocycles. The molecular formula is C16H15I. The number of hydrogen-bond donors (Lipinski definition) is 0. The summed E-state index contributed by atoms with van der Waals surface area (Å²) in [5, 5.41) is 0. The van der Waals surface area contributed by atoms with E-state index >= 15 is 0 Å². The monoisotopic (exact) mass is 334 g/mol. The topological polar surface area (TPSA) is 0 Å². The third-order valence-electron chi connectivity index (χ3n) is 2.74. The SMILES string of the molecule is C/C=C\c1cccc(-c2ccc(C)cc2)c1I. The molecule has 1 heteroatoms. The molecule has 0 aliphatic heterocycles. The Hall–Kier alpha value is -1.09. The Morgan fingerprint density at radius 2 is 1.71 bits per heavy atom. The highest BCUT2D eigenvalue weighted by Gasteiger charge is 2.05. The third-order valence-corrected chi connectivity index (χ3v) is 3.94. The van der Waals surface area contributed by atoms with Crippen molar-refractivity contribution in [2.24, 2.45) is 0 Å². The van der Waals surface area contributed by atoms with Gasteiger partial charge in [-0.15, -0.1) is 0 Å². The Labute approximate surface area is 117 Å². The molecule has 0 radical (unpaired) electrons. The van der Waals surface area contributed by atoms with E-state index in [1.165, 1.54) is 25.8 Å². The third kappa shape index (κ3) is 2.78. The summed E-state index contributed by atoms with van der Waals surface area (Å²) in [4.78, 5) is 0.